The van der Waals surface area contributed by atoms with Crippen molar-refractivity contribution in [3.63, 3.8) is 0 Å². The van der Waals surface area contributed by atoms with Crippen LogP contribution >= 0.6 is 0 Å². The average molecular weight is 265 g/mol. The number of anilines is 1. The quantitative estimate of drug-likeness (QED) is 0.908. The van der Waals surface area contributed by atoms with E-state index < -0.39 is 0 Å². The Hall–Kier alpha value is -2.36. The second kappa shape index (κ2) is 4.34. The highest BCUT2D eigenvalue weighted by Crippen LogP contribution is 2.40. The predicted octanol–water partition coefficient (Wildman–Crippen LogP) is 2.81. The zero-order valence-corrected chi connectivity index (χ0v) is 11.0. The van der Waals surface area contributed by atoms with Crippen molar-refractivity contribution in [3.05, 3.63) is 59.9 Å². The number of fused-ring (bicyclic) bond motifs is 1. The van der Waals surface area contributed by atoms with Crippen LogP contribution < -0.4 is 5.32 Å². The van der Waals surface area contributed by atoms with Crippen LogP contribution in [0.15, 0.2) is 48.8 Å². The third kappa shape index (κ3) is 1.76. The molecule has 0 radical (unpaired) electrons. The molecule has 0 bridgehead atoms. The number of carbonyl (C=O) groups excluding carboxylic acids is 1. The van der Waals surface area contributed by atoms with E-state index >= 15 is 0 Å². The van der Waals surface area contributed by atoms with Gasteiger partial charge < -0.3 is 10.2 Å². The van der Waals surface area contributed by atoms with Gasteiger partial charge >= 0.3 is 0 Å². The van der Waals surface area contributed by atoms with Gasteiger partial charge in [0.25, 0.3) is 5.91 Å². The molecule has 1 aliphatic heterocycles. The van der Waals surface area contributed by atoms with Crippen molar-refractivity contribution in [2.24, 2.45) is 0 Å². The van der Waals surface area contributed by atoms with E-state index in [-0.39, 0.29) is 12.1 Å². The lowest BCUT2D eigenvalue weighted by atomic mass is 10.0. The van der Waals surface area contributed by atoms with Gasteiger partial charge in [-0.15, -0.1) is 0 Å². The highest BCUT2D eigenvalue weighted by molar-refractivity contribution is 6.02. The van der Waals surface area contributed by atoms with E-state index in [0.29, 0.717) is 6.04 Å². The van der Waals surface area contributed by atoms with Crippen molar-refractivity contribution in [1.82, 2.24) is 9.88 Å². The fourth-order valence-electron chi connectivity index (χ4n) is 2.78. The van der Waals surface area contributed by atoms with Crippen LogP contribution in [0, 0.1) is 0 Å². The summed E-state index contributed by atoms with van der Waals surface area (Å²) in [7, 11) is 0. The van der Waals surface area contributed by atoms with Crippen molar-refractivity contribution < 1.29 is 4.79 Å². The topological polar surface area (TPSA) is 45.2 Å². The van der Waals surface area contributed by atoms with Crippen LogP contribution in [-0.4, -0.2) is 21.8 Å². The molecule has 1 aromatic carbocycles. The number of nitrogens with one attached hydrogen (secondary N) is 1. The summed E-state index contributed by atoms with van der Waals surface area (Å²) in [6.45, 7) is 0. The molecule has 2 aliphatic rings. The molecule has 1 saturated carbocycles. The first kappa shape index (κ1) is 11.5. The summed E-state index contributed by atoms with van der Waals surface area (Å²) in [6.07, 6.45) is 5.65. The molecule has 1 unspecified atom stereocenters. The second-order valence-electron chi connectivity index (χ2n) is 5.32. The van der Waals surface area contributed by atoms with Crippen LogP contribution in [0.3, 0.4) is 0 Å². The molecule has 1 aliphatic carbocycles. The van der Waals surface area contributed by atoms with Gasteiger partial charge in [-0.05, 0) is 31.0 Å². The van der Waals surface area contributed by atoms with Gasteiger partial charge in [0.15, 0.2) is 0 Å². The first-order valence-electron chi connectivity index (χ1n) is 6.93. The van der Waals surface area contributed by atoms with Gasteiger partial charge in [0.1, 0.15) is 6.17 Å². The van der Waals surface area contributed by atoms with Crippen LogP contribution in [0.25, 0.3) is 0 Å². The number of hydrogen-bond acceptors (Lipinski definition) is 3. The van der Waals surface area contributed by atoms with Gasteiger partial charge in [0.2, 0.25) is 0 Å². The Bertz CT molecular complexity index is 652. The van der Waals surface area contributed by atoms with Crippen LogP contribution in [0.5, 0.6) is 0 Å². The monoisotopic (exact) mass is 265 g/mol. The molecule has 20 heavy (non-hydrogen) atoms. The molecule has 4 nitrogen and oxygen atoms in total. The fraction of sp³-hybridized carbons (Fsp3) is 0.250. The number of aromatic nitrogens is 1. The van der Waals surface area contributed by atoms with Crippen molar-refractivity contribution >= 4 is 11.6 Å². The number of amides is 1. The highest BCUT2D eigenvalue weighted by atomic mass is 16.2. The van der Waals surface area contributed by atoms with Gasteiger partial charge in [0.05, 0.1) is 5.56 Å². The van der Waals surface area contributed by atoms with E-state index in [1.54, 1.807) is 6.20 Å². The third-order valence-corrected chi connectivity index (χ3v) is 3.90. The summed E-state index contributed by atoms with van der Waals surface area (Å²) in [5.41, 5.74) is 2.70. The largest absolute Gasteiger partial charge is 0.361 e. The number of carbonyl (C=O) groups is 1. The summed E-state index contributed by atoms with van der Waals surface area (Å²) in [5, 5.41) is 3.48. The number of hydrogen-bond donors (Lipinski definition) is 1. The summed E-state index contributed by atoms with van der Waals surface area (Å²) >= 11 is 0. The smallest absolute Gasteiger partial charge is 0.258 e. The Morgan fingerprint density at radius 1 is 1.15 bits per heavy atom. The molecule has 0 spiro atoms. The fourth-order valence-corrected chi connectivity index (χ4v) is 2.78. The maximum atomic E-state index is 12.7. The van der Waals surface area contributed by atoms with Gasteiger partial charge in [-0.3, -0.25) is 9.78 Å². The van der Waals surface area contributed by atoms with Crippen LogP contribution in [-0.2, 0) is 0 Å². The first-order valence-corrected chi connectivity index (χ1v) is 6.93. The van der Waals surface area contributed by atoms with Gasteiger partial charge in [-0.2, -0.15) is 0 Å². The molecule has 1 atom stereocenters. The minimum absolute atomic E-state index is 0.112. The van der Waals surface area contributed by atoms with E-state index in [9.17, 15) is 4.79 Å². The molecule has 0 saturated heterocycles. The standard InChI is InChI=1S/C16H15N3O/c20-16-13-5-1-2-6-14(13)18-15(19(16)12-7-8-12)11-4-3-9-17-10-11/h1-6,9-10,12,15,18H,7-8H2. The van der Waals surface area contributed by atoms with E-state index in [0.717, 1.165) is 29.7 Å². The molecule has 2 aromatic rings. The van der Waals surface area contributed by atoms with Gasteiger partial charge in [-0.1, -0.05) is 18.2 Å². The lowest BCUT2D eigenvalue weighted by molar-refractivity contribution is 0.0666. The lowest BCUT2D eigenvalue weighted by Gasteiger charge is -2.38. The number of pyridine rings is 1. The Morgan fingerprint density at radius 3 is 2.75 bits per heavy atom. The average Bonchev–Trinajstić information content (AvgIpc) is 3.33. The van der Waals surface area contributed by atoms with Crippen molar-refractivity contribution in [3.8, 4) is 0 Å². The molecule has 1 fully saturated rings. The molecule has 4 rings (SSSR count). The van der Waals surface area contributed by atoms with Crippen LogP contribution in [0.1, 0.15) is 34.9 Å². The Morgan fingerprint density at radius 2 is 2.00 bits per heavy atom. The van der Waals surface area contributed by atoms with E-state index in [4.69, 9.17) is 0 Å². The molecule has 4 heteroatoms. The SMILES string of the molecule is O=C1c2ccccc2NC(c2cccnc2)N1C1CC1. The second-order valence-corrected chi connectivity index (χ2v) is 5.32. The Kier molecular flexibility index (Phi) is 2.49. The normalized spacial score (nSPS) is 21.3. The van der Waals surface area contributed by atoms with E-state index in [1.165, 1.54) is 0 Å². The molecule has 1 aromatic heterocycles. The molecule has 2 heterocycles. The number of rotatable bonds is 2. The molecule has 100 valence electrons. The zero-order valence-electron chi connectivity index (χ0n) is 11.0. The van der Waals surface area contributed by atoms with E-state index in [2.05, 4.69) is 10.3 Å². The first-order chi connectivity index (χ1) is 9.84. The number of nitrogens with zero attached hydrogens (tertiary/aromatic N) is 2. The lowest BCUT2D eigenvalue weighted by Crippen LogP contribution is -2.44. The highest BCUT2D eigenvalue weighted by Gasteiger charge is 2.41. The minimum atomic E-state index is -0.112. The molecular formula is C16H15N3O. The van der Waals surface area contributed by atoms with Gasteiger partial charge in [-0.25, -0.2) is 0 Å². The zero-order chi connectivity index (χ0) is 13.5. The van der Waals surface area contributed by atoms with Crippen molar-refractivity contribution in [1.29, 1.82) is 0 Å². The Balaban J connectivity index is 1.80. The summed E-state index contributed by atoms with van der Waals surface area (Å²) in [4.78, 5) is 18.9. The maximum Gasteiger partial charge on any atom is 0.258 e. The van der Waals surface area contributed by atoms with E-state index in [1.807, 2.05) is 47.5 Å². The summed E-state index contributed by atoms with van der Waals surface area (Å²) in [5.74, 6) is 0.121. The third-order valence-electron chi connectivity index (χ3n) is 3.90. The molecule has 1 N–H and O–H groups in total. The summed E-state index contributed by atoms with van der Waals surface area (Å²) in [6, 6.07) is 12.0. The minimum Gasteiger partial charge on any atom is -0.361 e. The number of para-hydroxylation sites is 1. The molecular weight excluding hydrogens is 250 g/mol. The maximum absolute atomic E-state index is 12.7. The van der Waals surface area contributed by atoms with Crippen LogP contribution in [0.4, 0.5) is 5.69 Å². The predicted molar refractivity (Wildman–Crippen MR) is 76.2 cm³/mol. The van der Waals surface area contributed by atoms with Crippen molar-refractivity contribution in [2.45, 2.75) is 25.0 Å². The van der Waals surface area contributed by atoms with Crippen molar-refractivity contribution in [2.75, 3.05) is 5.32 Å². The molecule has 1 amide bonds. The Labute approximate surface area is 117 Å². The van der Waals surface area contributed by atoms with Gasteiger partial charge in [0, 0.05) is 29.7 Å². The number of benzene rings is 1. The summed E-state index contributed by atoms with van der Waals surface area (Å²) < 4.78 is 0. The van der Waals surface area contributed by atoms with Crippen LogP contribution in [0.2, 0.25) is 0 Å².